The molecule has 0 unspecified atom stereocenters. The van der Waals surface area contributed by atoms with E-state index in [0.717, 1.165) is 25.1 Å². The summed E-state index contributed by atoms with van der Waals surface area (Å²) < 4.78 is 4.73. The number of likely N-dealkylation sites (tertiary alicyclic amines) is 1. The summed E-state index contributed by atoms with van der Waals surface area (Å²) in [6.45, 7) is 1.64. The Morgan fingerprint density at radius 3 is 3.04 bits per heavy atom. The Morgan fingerprint density at radius 1 is 1.40 bits per heavy atom. The van der Waals surface area contributed by atoms with Crippen molar-refractivity contribution in [3.05, 3.63) is 46.4 Å². The third-order valence-corrected chi connectivity index (χ3v) is 5.22. The number of nitrogens with one attached hydrogen (secondary N) is 1. The number of thiophene rings is 1. The van der Waals surface area contributed by atoms with Gasteiger partial charge in [-0.25, -0.2) is 4.79 Å². The summed E-state index contributed by atoms with van der Waals surface area (Å²) in [6, 6.07) is 7.95. The minimum atomic E-state index is -0.431. The molecular weight excluding hydrogens is 338 g/mol. The zero-order valence-electron chi connectivity index (χ0n) is 14.1. The maximum atomic E-state index is 12.3. The van der Waals surface area contributed by atoms with E-state index in [2.05, 4.69) is 15.2 Å². The molecule has 132 valence electrons. The molecule has 6 nitrogen and oxygen atoms in total. The van der Waals surface area contributed by atoms with Gasteiger partial charge in [0.25, 0.3) is 0 Å². The van der Waals surface area contributed by atoms with Crippen molar-refractivity contribution in [3.63, 3.8) is 0 Å². The Labute approximate surface area is 150 Å². The fourth-order valence-electron chi connectivity index (χ4n) is 3.12. The van der Waals surface area contributed by atoms with E-state index in [1.54, 1.807) is 11.4 Å². The average molecular weight is 359 g/mol. The summed E-state index contributed by atoms with van der Waals surface area (Å²) in [4.78, 5) is 31.1. The summed E-state index contributed by atoms with van der Waals surface area (Å²) in [5.74, 6) is -0.532. The van der Waals surface area contributed by atoms with Crippen LogP contribution in [-0.2, 0) is 9.53 Å². The number of carbonyl (C=O) groups excluding carboxylic acids is 2. The quantitative estimate of drug-likeness (QED) is 0.803. The van der Waals surface area contributed by atoms with Crippen molar-refractivity contribution >= 4 is 28.9 Å². The molecule has 1 saturated heterocycles. The maximum absolute atomic E-state index is 12.3. The van der Waals surface area contributed by atoms with Crippen LogP contribution in [0.2, 0.25) is 0 Å². The van der Waals surface area contributed by atoms with Crippen molar-refractivity contribution in [1.29, 1.82) is 0 Å². The van der Waals surface area contributed by atoms with Gasteiger partial charge in [0.1, 0.15) is 4.88 Å². The second-order valence-corrected chi connectivity index (χ2v) is 6.82. The highest BCUT2D eigenvalue weighted by Crippen LogP contribution is 2.30. The Balaban J connectivity index is 1.56. The molecule has 2 aromatic rings. The molecule has 1 aliphatic heterocycles. The summed E-state index contributed by atoms with van der Waals surface area (Å²) in [7, 11) is 1.33. The Hall–Kier alpha value is -2.25. The minimum absolute atomic E-state index is 0.102. The molecule has 0 saturated carbocycles. The topological polar surface area (TPSA) is 71.5 Å². The number of aromatic nitrogens is 1. The molecule has 1 fully saturated rings. The number of hydrogen-bond donors (Lipinski definition) is 1. The van der Waals surface area contributed by atoms with Crippen LogP contribution in [0.1, 0.15) is 40.7 Å². The molecule has 1 aliphatic rings. The van der Waals surface area contributed by atoms with Crippen LogP contribution in [0.5, 0.6) is 0 Å². The molecule has 1 N–H and O–H groups in total. The standard InChI is InChI=1S/C18H21N3O3S/c1-24-18(23)17-14(8-12-25-17)20-16(22)7-11-21-10-4-6-15(21)13-5-2-3-9-19-13/h2-3,5,8-9,12,15H,4,6-7,10-11H2,1H3,(H,20,22)/t15-/m1/s1. The van der Waals surface area contributed by atoms with E-state index in [0.29, 0.717) is 23.5 Å². The lowest BCUT2D eigenvalue weighted by Crippen LogP contribution is -2.28. The first kappa shape index (κ1) is 17.6. The van der Waals surface area contributed by atoms with Gasteiger partial charge in [-0.05, 0) is 43.0 Å². The van der Waals surface area contributed by atoms with Crippen molar-refractivity contribution in [2.45, 2.75) is 25.3 Å². The van der Waals surface area contributed by atoms with Gasteiger partial charge in [-0.2, -0.15) is 0 Å². The van der Waals surface area contributed by atoms with Crippen LogP contribution in [0.15, 0.2) is 35.8 Å². The lowest BCUT2D eigenvalue weighted by atomic mass is 10.1. The third kappa shape index (κ3) is 4.24. The molecule has 3 rings (SSSR count). The van der Waals surface area contributed by atoms with Gasteiger partial charge < -0.3 is 10.1 Å². The van der Waals surface area contributed by atoms with Gasteiger partial charge in [0.15, 0.2) is 0 Å². The number of anilines is 1. The van der Waals surface area contributed by atoms with Crippen molar-refractivity contribution < 1.29 is 14.3 Å². The van der Waals surface area contributed by atoms with Crippen LogP contribution in [-0.4, -0.2) is 42.0 Å². The second-order valence-electron chi connectivity index (χ2n) is 5.90. The molecular formula is C18H21N3O3S. The molecule has 2 aromatic heterocycles. The van der Waals surface area contributed by atoms with Crippen LogP contribution >= 0.6 is 11.3 Å². The summed E-state index contributed by atoms with van der Waals surface area (Å²) >= 11 is 1.26. The van der Waals surface area contributed by atoms with E-state index < -0.39 is 5.97 Å². The number of hydrogen-bond acceptors (Lipinski definition) is 6. The molecule has 0 aliphatic carbocycles. The van der Waals surface area contributed by atoms with E-state index in [1.165, 1.54) is 18.4 Å². The van der Waals surface area contributed by atoms with Crippen LogP contribution in [0.3, 0.4) is 0 Å². The second kappa shape index (κ2) is 8.22. The van der Waals surface area contributed by atoms with Crippen LogP contribution in [0.25, 0.3) is 0 Å². The molecule has 0 spiro atoms. The number of amides is 1. The first-order valence-corrected chi connectivity index (χ1v) is 9.17. The molecule has 7 heteroatoms. The molecule has 1 amide bonds. The van der Waals surface area contributed by atoms with Crippen molar-refractivity contribution in [2.75, 3.05) is 25.5 Å². The smallest absolute Gasteiger partial charge is 0.350 e. The SMILES string of the molecule is COC(=O)c1sccc1NC(=O)CCN1CCC[C@@H]1c1ccccn1. The highest BCUT2D eigenvalue weighted by Gasteiger charge is 2.27. The molecule has 25 heavy (non-hydrogen) atoms. The summed E-state index contributed by atoms with van der Waals surface area (Å²) in [5, 5.41) is 4.58. The molecule has 0 bridgehead atoms. The lowest BCUT2D eigenvalue weighted by Gasteiger charge is -2.23. The van der Waals surface area contributed by atoms with Crippen molar-refractivity contribution in [3.8, 4) is 0 Å². The van der Waals surface area contributed by atoms with Gasteiger partial charge in [0.2, 0.25) is 5.91 Å². The Bertz CT molecular complexity index is 732. The lowest BCUT2D eigenvalue weighted by molar-refractivity contribution is -0.116. The highest BCUT2D eigenvalue weighted by molar-refractivity contribution is 7.12. The van der Waals surface area contributed by atoms with E-state index in [1.807, 2.05) is 24.4 Å². The summed E-state index contributed by atoms with van der Waals surface area (Å²) in [6.07, 6.45) is 4.36. The monoisotopic (exact) mass is 359 g/mol. The van der Waals surface area contributed by atoms with Crippen LogP contribution in [0.4, 0.5) is 5.69 Å². The average Bonchev–Trinajstić information content (AvgIpc) is 3.29. The van der Waals surface area contributed by atoms with Crippen LogP contribution in [0, 0.1) is 0 Å². The number of pyridine rings is 1. The molecule has 0 aromatic carbocycles. The van der Waals surface area contributed by atoms with Gasteiger partial charge in [-0.15, -0.1) is 11.3 Å². The Morgan fingerprint density at radius 2 is 2.28 bits per heavy atom. The van der Waals surface area contributed by atoms with Crippen LogP contribution < -0.4 is 5.32 Å². The zero-order chi connectivity index (χ0) is 17.6. The fraction of sp³-hybridized carbons (Fsp3) is 0.389. The van der Waals surface area contributed by atoms with Gasteiger partial charge in [0.05, 0.1) is 24.5 Å². The van der Waals surface area contributed by atoms with E-state index in [4.69, 9.17) is 4.74 Å². The van der Waals surface area contributed by atoms with Gasteiger partial charge in [0, 0.05) is 19.2 Å². The van der Waals surface area contributed by atoms with Gasteiger partial charge in [-0.1, -0.05) is 6.07 Å². The molecule has 1 atom stereocenters. The number of rotatable bonds is 6. The number of nitrogens with zero attached hydrogens (tertiary/aromatic N) is 2. The van der Waals surface area contributed by atoms with Gasteiger partial charge in [-0.3, -0.25) is 14.7 Å². The number of ether oxygens (including phenoxy) is 1. The molecule has 3 heterocycles. The normalized spacial score (nSPS) is 17.4. The molecule has 0 radical (unpaired) electrons. The first-order chi connectivity index (χ1) is 12.2. The minimum Gasteiger partial charge on any atom is -0.465 e. The van der Waals surface area contributed by atoms with Crippen molar-refractivity contribution in [2.24, 2.45) is 0 Å². The van der Waals surface area contributed by atoms with Crippen molar-refractivity contribution in [1.82, 2.24) is 9.88 Å². The first-order valence-electron chi connectivity index (χ1n) is 8.29. The fourth-order valence-corrected chi connectivity index (χ4v) is 3.88. The van der Waals surface area contributed by atoms with E-state index >= 15 is 0 Å². The highest BCUT2D eigenvalue weighted by atomic mass is 32.1. The number of methoxy groups -OCH3 is 1. The predicted molar refractivity (Wildman–Crippen MR) is 96.7 cm³/mol. The third-order valence-electron chi connectivity index (χ3n) is 4.33. The predicted octanol–water partition coefficient (Wildman–Crippen LogP) is 3.10. The largest absolute Gasteiger partial charge is 0.465 e. The zero-order valence-corrected chi connectivity index (χ0v) is 14.9. The Kier molecular flexibility index (Phi) is 5.78. The number of esters is 1. The number of carbonyl (C=O) groups is 2. The van der Waals surface area contributed by atoms with E-state index in [9.17, 15) is 9.59 Å². The maximum Gasteiger partial charge on any atom is 0.350 e. The van der Waals surface area contributed by atoms with E-state index in [-0.39, 0.29) is 11.9 Å². The van der Waals surface area contributed by atoms with Gasteiger partial charge >= 0.3 is 5.97 Å². The summed E-state index contributed by atoms with van der Waals surface area (Å²) in [5.41, 5.74) is 1.58.